The van der Waals surface area contributed by atoms with Gasteiger partial charge in [0.25, 0.3) is 5.82 Å². The molecule has 1 atom stereocenters. The normalized spacial score (nSPS) is 15.7. The number of rotatable bonds is 4. The number of fused-ring (bicyclic) bond motifs is 1. The van der Waals surface area contributed by atoms with Crippen LogP contribution in [0.3, 0.4) is 0 Å². The molecule has 34 heavy (non-hydrogen) atoms. The van der Waals surface area contributed by atoms with Gasteiger partial charge in [-0.15, -0.1) is 0 Å². The van der Waals surface area contributed by atoms with Crippen LogP contribution in [-0.2, 0) is 19.1 Å². The first-order valence-electron chi connectivity index (χ1n) is 11.5. The lowest BCUT2D eigenvalue weighted by Crippen LogP contribution is -2.38. The Morgan fingerprint density at radius 1 is 0.971 bits per heavy atom. The molecule has 0 saturated heterocycles. The average molecular weight is 466 g/mol. The van der Waals surface area contributed by atoms with Crippen LogP contribution in [0.15, 0.2) is 54.9 Å². The van der Waals surface area contributed by atoms with Gasteiger partial charge in [-0.05, 0) is 75.1 Å². The zero-order valence-corrected chi connectivity index (χ0v) is 19.8. The van der Waals surface area contributed by atoms with E-state index in [4.69, 9.17) is 5.10 Å². The van der Waals surface area contributed by atoms with Crippen LogP contribution >= 0.6 is 0 Å². The summed E-state index contributed by atoms with van der Waals surface area (Å²) in [5, 5.41) is 4.89. The molecule has 0 saturated carbocycles. The predicted molar refractivity (Wildman–Crippen MR) is 125 cm³/mol. The molecule has 0 aliphatic carbocycles. The van der Waals surface area contributed by atoms with Crippen LogP contribution in [0.4, 0.5) is 13.2 Å². The lowest BCUT2D eigenvalue weighted by Gasteiger charge is -2.16. The Bertz CT molecular complexity index is 1340. The van der Waals surface area contributed by atoms with Crippen LogP contribution < -0.4 is 4.57 Å². The van der Waals surface area contributed by atoms with Crippen molar-refractivity contribution in [3.63, 3.8) is 0 Å². The molecule has 1 aliphatic heterocycles. The molecule has 0 radical (unpaired) electrons. The van der Waals surface area contributed by atoms with Crippen molar-refractivity contribution in [2.45, 2.75) is 59.3 Å². The first-order chi connectivity index (χ1) is 16.1. The summed E-state index contributed by atoms with van der Waals surface area (Å²) in [7, 11) is 0. The van der Waals surface area contributed by atoms with E-state index >= 15 is 0 Å². The Labute approximate surface area is 197 Å². The summed E-state index contributed by atoms with van der Waals surface area (Å²) in [5.74, 6) is 1.06. The van der Waals surface area contributed by atoms with Crippen molar-refractivity contribution in [1.29, 1.82) is 0 Å². The molecule has 1 aliphatic rings. The third kappa shape index (κ3) is 3.93. The van der Waals surface area contributed by atoms with E-state index in [0.717, 1.165) is 60.0 Å². The molecule has 0 spiro atoms. The van der Waals surface area contributed by atoms with Gasteiger partial charge in [-0.3, -0.25) is 0 Å². The van der Waals surface area contributed by atoms with Gasteiger partial charge in [0.15, 0.2) is 0 Å². The molecule has 4 aromatic rings. The Balaban J connectivity index is 1.45. The zero-order chi connectivity index (χ0) is 24.2. The van der Waals surface area contributed by atoms with Crippen molar-refractivity contribution >= 4 is 0 Å². The number of aryl methyl sites for hydroxylation is 5. The van der Waals surface area contributed by atoms with Gasteiger partial charge in [-0.25, -0.2) is 4.57 Å². The lowest BCUT2D eigenvalue weighted by atomic mass is 10.1. The summed E-state index contributed by atoms with van der Waals surface area (Å²) in [6.45, 7) is 9.11. The molecule has 0 amide bonds. The third-order valence-corrected chi connectivity index (χ3v) is 6.81. The number of hydrogen-bond acceptors (Lipinski definition) is 1. The van der Waals surface area contributed by atoms with Crippen molar-refractivity contribution in [2.24, 2.45) is 0 Å². The Morgan fingerprint density at radius 2 is 1.65 bits per heavy atom. The first kappa shape index (κ1) is 22.4. The van der Waals surface area contributed by atoms with Crippen LogP contribution in [0, 0.1) is 27.7 Å². The summed E-state index contributed by atoms with van der Waals surface area (Å²) in [5.41, 5.74) is 6.92. The van der Waals surface area contributed by atoms with Crippen LogP contribution in [0.5, 0.6) is 0 Å². The van der Waals surface area contributed by atoms with Gasteiger partial charge in [0.2, 0.25) is 6.33 Å². The quantitative estimate of drug-likeness (QED) is 0.336. The molecule has 5 rings (SSSR count). The molecular weight excluding hydrogens is 437 g/mol. The van der Waals surface area contributed by atoms with Crippen molar-refractivity contribution in [3.05, 3.63) is 88.6 Å². The second-order valence-electron chi connectivity index (χ2n) is 9.37. The fourth-order valence-corrected chi connectivity index (χ4v) is 5.23. The molecule has 0 bridgehead atoms. The maximum Gasteiger partial charge on any atom is 0.416 e. The van der Waals surface area contributed by atoms with Crippen molar-refractivity contribution in [3.8, 4) is 16.9 Å². The fraction of sp³-hybridized carbons (Fsp3) is 0.333. The van der Waals surface area contributed by atoms with Crippen molar-refractivity contribution in [1.82, 2.24) is 14.3 Å². The van der Waals surface area contributed by atoms with E-state index in [-0.39, 0.29) is 6.04 Å². The third-order valence-electron chi connectivity index (χ3n) is 6.81. The maximum absolute atomic E-state index is 13.0. The number of halogens is 3. The highest BCUT2D eigenvalue weighted by molar-refractivity contribution is 5.61. The Hall–Kier alpha value is -3.35. The molecule has 2 aromatic heterocycles. The van der Waals surface area contributed by atoms with E-state index < -0.39 is 11.7 Å². The minimum Gasteiger partial charge on any atom is -0.341 e. The molecule has 4 nitrogen and oxygen atoms in total. The van der Waals surface area contributed by atoms with E-state index in [9.17, 15) is 13.2 Å². The average Bonchev–Trinajstić information content (AvgIpc) is 3.43. The largest absolute Gasteiger partial charge is 0.416 e. The van der Waals surface area contributed by atoms with E-state index in [0.29, 0.717) is 0 Å². The van der Waals surface area contributed by atoms with E-state index in [1.807, 2.05) is 23.7 Å². The summed E-state index contributed by atoms with van der Waals surface area (Å²) in [6, 6.07) is 14.0. The summed E-state index contributed by atoms with van der Waals surface area (Å²) in [6.07, 6.45) is -0.355. The number of hydrogen-bond donors (Lipinski definition) is 0. The summed E-state index contributed by atoms with van der Waals surface area (Å²) < 4.78 is 45.4. The molecule has 176 valence electrons. The molecule has 7 heteroatoms. The maximum atomic E-state index is 13.0. The van der Waals surface area contributed by atoms with E-state index in [2.05, 4.69) is 48.4 Å². The zero-order valence-electron chi connectivity index (χ0n) is 19.8. The van der Waals surface area contributed by atoms with Crippen molar-refractivity contribution in [2.75, 3.05) is 0 Å². The number of aromatic nitrogens is 4. The monoisotopic (exact) mass is 465 g/mol. The van der Waals surface area contributed by atoms with Gasteiger partial charge < -0.3 is 4.57 Å². The SMILES string of the molecule is Cc1cc(C)c(-n2c[n+]3c(n2)CC[C@H]3Cn2c(C)ccc2-c2ccc(C(F)(F)F)cc2)c(C)c1. The molecule has 3 heterocycles. The van der Waals surface area contributed by atoms with E-state index in [1.165, 1.54) is 16.7 Å². The van der Waals surface area contributed by atoms with Gasteiger partial charge in [0.1, 0.15) is 11.7 Å². The first-order valence-corrected chi connectivity index (χ1v) is 11.5. The molecule has 0 fully saturated rings. The molecule has 0 N–H and O–H groups in total. The topological polar surface area (TPSA) is 26.6 Å². The van der Waals surface area contributed by atoms with Gasteiger partial charge >= 0.3 is 6.18 Å². The molecular formula is C27H28F3N4+. The minimum absolute atomic E-state index is 0.231. The van der Waals surface area contributed by atoms with Gasteiger partial charge in [0, 0.05) is 22.9 Å². The van der Waals surface area contributed by atoms with Crippen molar-refractivity contribution < 1.29 is 17.7 Å². The highest BCUT2D eigenvalue weighted by Crippen LogP contribution is 2.32. The lowest BCUT2D eigenvalue weighted by molar-refractivity contribution is -0.718. The standard InChI is InChI=1S/C27H28F3N4/c1-17-13-18(2)26(19(3)14-17)34-16-33-23(10-12-25(33)31-34)15-32-20(4)5-11-24(32)21-6-8-22(9-7-21)27(28,29)30/h5-9,11,13-14,16,23H,10,12,15H2,1-4H3/q+1/t23-/m0/s1. The van der Waals surface area contributed by atoms with Gasteiger partial charge in [-0.1, -0.05) is 34.5 Å². The minimum atomic E-state index is -4.33. The number of benzene rings is 2. The van der Waals surface area contributed by atoms with Gasteiger partial charge in [0.05, 0.1) is 12.1 Å². The highest BCUT2D eigenvalue weighted by Gasteiger charge is 2.33. The molecule has 2 aromatic carbocycles. The Morgan fingerprint density at radius 3 is 2.29 bits per heavy atom. The van der Waals surface area contributed by atoms with Crippen LogP contribution in [-0.4, -0.2) is 14.3 Å². The second-order valence-corrected chi connectivity index (χ2v) is 9.37. The van der Waals surface area contributed by atoms with Crippen LogP contribution in [0.2, 0.25) is 0 Å². The van der Waals surface area contributed by atoms with Crippen LogP contribution in [0.1, 0.15) is 46.2 Å². The summed E-state index contributed by atoms with van der Waals surface area (Å²) >= 11 is 0. The Kier molecular flexibility index (Phi) is 5.38. The summed E-state index contributed by atoms with van der Waals surface area (Å²) in [4.78, 5) is 0. The number of nitrogens with zero attached hydrogens (tertiary/aromatic N) is 4. The predicted octanol–water partition coefficient (Wildman–Crippen LogP) is 6.07. The highest BCUT2D eigenvalue weighted by atomic mass is 19.4. The van der Waals surface area contributed by atoms with Crippen LogP contribution in [0.25, 0.3) is 16.9 Å². The smallest absolute Gasteiger partial charge is 0.341 e. The number of alkyl halides is 3. The van der Waals surface area contributed by atoms with E-state index in [1.54, 1.807) is 12.1 Å². The van der Waals surface area contributed by atoms with Gasteiger partial charge in [-0.2, -0.15) is 13.2 Å². The fourth-order valence-electron chi connectivity index (χ4n) is 5.23. The second kappa shape index (κ2) is 8.15. The molecule has 0 unspecified atom stereocenters.